The Hall–Kier alpha value is -3.74. The molecular weight excluding hydrogens is 455 g/mol. The zero-order valence-electron chi connectivity index (χ0n) is 20.7. The lowest BCUT2D eigenvalue weighted by molar-refractivity contribution is -0.137. The first kappa shape index (κ1) is 27.5. The van der Waals surface area contributed by atoms with E-state index >= 15 is 0 Å². The van der Waals surface area contributed by atoms with E-state index < -0.39 is 29.1 Å². The number of nitrogens with one attached hydrogen (secondary N) is 1. The number of alkyl halides is 3. The van der Waals surface area contributed by atoms with E-state index in [0.717, 1.165) is 45.7 Å². The van der Waals surface area contributed by atoms with Gasteiger partial charge in [0.2, 0.25) is 5.91 Å². The maximum Gasteiger partial charge on any atom is 0.418 e. The van der Waals surface area contributed by atoms with Gasteiger partial charge in [-0.3, -0.25) is 4.79 Å². The van der Waals surface area contributed by atoms with Crippen LogP contribution in [0, 0.1) is 20.8 Å². The molecule has 7 heteroatoms. The van der Waals surface area contributed by atoms with E-state index in [1.807, 2.05) is 45.1 Å². The van der Waals surface area contributed by atoms with Gasteiger partial charge in [0.15, 0.2) is 0 Å². The van der Waals surface area contributed by atoms with Crippen molar-refractivity contribution in [3.8, 4) is 11.5 Å². The molecule has 0 aliphatic heterocycles. The minimum atomic E-state index is -4.71. The highest BCUT2D eigenvalue weighted by atomic mass is 19.4. The van der Waals surface area contributed by atoms with Crippen molar-refractivity contribution in [2.75, 3.05) is 12.4 Å². The normalized spacial score (nSPS) is 13.1. The molecule has 0 spiro atoms. The monoisotopic (exact) mass is 485 g/mol. The number of halogens is 3. The number of hydrogen-bond donors (Lipinski definition) is 2. The van der Waals surface area contributed by atoms with Crippen molar-refractivity contribution in [1.29, 1.82) is 0 Å². The Bertz CT molecular complexity index is 1220. The first-order valence-corrected chi connectivity index (χ1v) is 10.9. The summed E-state index contributed by atoms with van der Waals surface area (Å²) in [6.45, 7) is 9.72. The van der Waals surface area contributed by atoms with E-state index in [1.165, 1.54) is 6.08 Å². The van der Waals surface area contributed by atoms with Gasteiger partial charge in [-0.1, -0.05) is 36.0 Å². The first-order chi connectivity index (χ1) is 16.3. The molecule has 0 heterocycles. The van der Waals surface area contributed by atoms with Crippen LogP contribution in [0.2, 0.25) is 0 Å². The molecule has 0 radical (unpaired) electrons. The van der Waals surface area contributed by atoms with Gasteiger partial charge < -0.3 is 15.2 Å². The first-order valence-electron chi connectivity index (χ1n) is 10.9. The minimum absolute atomic E-state index is 0.423. The number of carbonyl (C=O) groups excluding carboxylic acids is 1. The summed E-state index contributed by atoms with van der Waals surface area (Å²) >= 11 is 0. The highest BCUT2D eigenvalue weighted by Crippen LogP contribution is 2.37. The molecule has 0 saturated heterocycles. The molecule has 35 heavy (non-hydrogen) atoms. The van der Waals surface area contributed by atoms with Crippen molar-refractivity contribution in [1.82, 2.24) is 0 Å². The van der Waals surface area contributed by atoms with Crippen LogP contribution in [0.15, 0.2) is 65.8 Å². The summed E-state index contributed by atoms with van der Waals surface area (Å²) < 4.78 is 44.8. The average molecular weight is 486 g/mol. The third-order valence-electron chi connectivity index (χ3n) is 5.48. The second kappa shape index (κ2) is 11.6. The van der Waals surface area contributed by atoms with Gasteiger partial charge in [0.25, 0.3) is 0 Å². The highest BCUT2D eigenvalue weighted by Gasteiger charge is 2.34. The molecule has 0 aliphatic carbocycles. The largest absolute Gasteiger partial charge is 0.508 e. The van der Waals surface area contributed by atoms with Crippen molar-refractivity contribution in [2.24, 2.45) is 0 Å². The molecule has 2 aromatic rings. The molecule has 2 rings (SSSR count). The number of aryl methyl sites for hydroxylation is 1. The summed E-state index contributed by atoms with van der Waals surface area (Å²) in [4.78, 5) is 12.2. The molecule has 4 nitrogen and oxygen atoms in total. The van der Waals surface area contributed by atoms with Crippen LogP contribution in [0.25, 0.3) is 6.08 Å². The predicted octanol–water partition coefficient (Wildman–Crippen LogP) is 7.45. The van der Waals surface area contributed by atoms with E-state index in [9.17, 15) is 23.1 Å². The Morgan fingerprint density at radius 2 is 1.71 bits per heavy atom. The molecule has 186 valence electrons. The number of ether oxygens (including phenoxy) is 1. The van der Waals surface area contributed by atoms with Crippen molar-refractivity contribution in [3.05, 3.63) is 93.6 Å². The summed E-state index contributed by atoms with van der Waals surface area (Å²) in [6.07, 6.45) is 5.84. The Labute approximate surface area is 204 Å². The summed E-state index contributed by atoms with van der Waals surface area (Å²) in [5.41, 5.74) is 4.47. The second-order valence-electron chi connectivity index (χ2n) is 8.27. The molecule has 1 amide bonds. The molecule has 0 bridgehead atoms. The molecule has 0 unspecified atom stereocenters. The van der Waals surface area contributed by atoms with E-state index in [0.29, 0.717) is 11.6 Å². The molecule has 0 atom stereocenters. The molecule has 0 saturated carbocycles. The molecule has 0 fully saturated rings. The summed E-state index contributed by atoms with van der Waals surface area (Å²) in [5.74, 6) is -0.378. The number of allylic oxidation sites excluding steroid dienone is 6. The number of anilines is 1. The van der Waals surface area contributed by atoms with Crippen molar-refractivity contribution in [3.63, 3.8) is 0 Å². The topological polar surface area (TPSA) is 58.6 Å². The SMILES string of the molecule is COc1cc(C)c(C=CC(C)=CC=CC(C)=CC(=O)Nc2ccc(O)cc2C(F)(F)F)c(C)c1C. The zero-order chi connectivity index (χ0) is 26.3. The lowest BCUT2D eigenvalue weighted by Crippen LogP contribution is -2.14. The van der Waals surface area contributed by atoms with Gasteiger partial charge in [-0.05, 0) is 86.7 Å². The number of amides is 1. The lowest BCUT2D eigenvalue weighted by Gasteiger charge is -2.13. The van der Waals surface area contributed by atoms with Crippen LogP contribution in [0.1, 0.15) is 41.7 Å². The third-order valence-corrected chi connectivity index (χ3v) is 5.48. The lowest BCUT2D eigenvalue weighted by atomic mass is 9.96. The van der Waals surface area contributed by atoms with Gasteiger partial charge in [-0.25, -0.2) is 0 Å². The van der Waals surface area contributed by atoms with Crippen LogP contribution in [-0.4, -0.2) is 18.1 Å². The Balaban J connectivity index is 2.10. The van der Waals surface area contributed by atoms with Gasteiger partial charge in [0.1, 0.15) is 11.5 Å². The fourth-order valence-electron chi connectivity index (χ4n) is 3.46. The van der Waals surface area contributed by atoms with Gasteiger partial charge in [-0.2, -0.15) is 13.2 Å². The summed E-state index contributed by atoms with van der Waals surface area (Å²) in [6, 6.07) is 4.68. The van der Waals surface area contributed by atoms with Crippen LogP contribution < -0.4 is 10.1 Å². The van der Waals surface area contributed by atoms with Crippen LogP contribution in [0.5, 0.6) is 11.5 Å². The fraction of sp³-hybridized carbons (Fsp3) is 0.250. The number of phenolic OH excluding ortho intramolecular Hbond substituents is 1. The maximum atomic E-state index is 13.1. The van der Waals surface area contributed by atoms with Crippen LogP contribution >= 0.6 is 0 Å². The Morgan fingerprint density at radius 1 is 1.03 bits per heavy atom. The Kier molecular flexibility index (Phi) is 9.12. The second-order valence-corrected chi connectivity index (χ2v) is 8.27. The van der Waals surface area contributed by atoms with Crippen molar-refractivity contribution < 1.29 is 27.8 Å². The number of rotatable bonds is 7. The molecule has 0 aliphatic rings. The Morgan fingerprint density at radius 3 is 2.34 bits per heavy atom. The van der Waals surface area contributed by atoms with Gasteiger partial charge in [0.05, 0.1) is 18.4 Å². The third kappa shape index (κ3) is 7.64. The minimum Gasteiger partial charge on any atom is -0.508 e. The standard InChI is InChI=1S/C28H30F3NO3/c1-17(10-12-23-19(3)15-26(35-6)21(5)20(23)4)8-7-9-18(2)14-27(34)32-25-13-11-22(33)16-24(25)28(29,30)31/h7-16,33H,1-6H3,(H,32,34). The number of phenols is 1. The number of aromatic hydroxyl groups is 1. The number of methoxy groups -OCH3 is 1. The zero-order valence-corrected chi connectivity index (χ0v) is 20.7. The number of benzene rings is 2. The summed E-state index contributed by atoms with van der Waals surface area (Å²) in [5, 5.41) is 11.6. The molecular formula is C28H30F3NO3. The van der Waals surface area contributed by atoms with Crippen molar-refractivity contribution >= 4 is 17.7 Å². The van der Waals surface area contributed by atoms with E-state index in [1.54, 1.807) is 26.2 Å². The van der Waals surface area contributed by atoms with Crippen molar-refractivity contribution in [2.45, 2.75) is 40.8 Å². The smallest absolute Gasteiger partial charge is 0.418 e. The molecule has 0 aromatic heterocycles. The number of hydrogen-bond acceptors (Lipinski definition) is 3. The van der Waals surface area contributed by atoms with Gasteiger partial charge in [-0.15, -0.1) is 0 Å². The van der Waals surface area contributed by atoms with Crippen LogP contribution in [0.3, 0.4) is 0 Å². The van der Waals surface area contributed by atoms with Gasteiger partial charge in [0, 0.05) is 6.08 Å². The predicted molar refractivity (Wildman–Crippen MR) is 135 cm³/mol. The van der Waals surface area contributed by atoms with E-state index in [-0.39, 0.29) is 0 Å². The number of carbonyl (C=O) groups is 1. The maximum absolute atomic E-state index is 13.1. The molecule has 2 aromatic carbocycles. The molecule has 2 N–H and O–H groups in total. The quantitative estimate of drug-likeness (QED) is 0.243. The van der Waals surface area contributed by atoms with E-state index in [2.05, 4.69) is 12.2 Å². The van der Waals surface area contributed by atoms with Crippen LogP contribution in [0.4, 0.5) is 18.9 Å². The fourth-order valence-corrected chi connectivity index (χ4v) is 3.46. The summed E-state index contributed by atoms with van der Waals surface area (Å²) in [7, 11) is 1.66. The highest BCUT2D eigenvalue weighted by molar-refractivity contribution is 6.00. The van der Waals surface area contributed by atoms with Crippen LogP contribution in [-0.2, 0) is 11.0 Å². The average Bonchev–Trinajstić information content (AvgIpc) is 2.76. The van der Waals surface area contributed by atoms with Gasteiger partial charge >= 0.3 is 6.18 Å². The van der Waals surface area contributed by atoms with E-state index in [4.69, 9.17) is 4.74 Å².